The first-order valence-corrected chi connectivity index (χ1v) is 8.76. The van der Waals surface area contributed by atoms with Gasteiger partial charge in [-0.05, 0) is 31.1 Å². The van der Waals surface area contributed by atoms with Gasteiger partial charge in [0, 0.05) is 31.6 Å². The van der Waals surface area contributed by atoms with Crippen molar-refractivity contribution in [3.05, 3.63) is 0 Å². The molecular formula is C15H28N2OS. The summed E-state index contributed by atoms with van der Waals surface area (Å²) in [6.45, 7) is 6.97. The summed E-state index contributed by atoms with van der Waals surface area (Å²) >= 11 is 1.92. The topological polar surface area (TPSA) is 33.6 Å². The van der Waals surface area contributed by atoms with Crippen LogP contribution >= 0.6 is 11.8 Å². The van der Waals surface area contributed by atoms with Crippen molar-refractivity contribution in [2.45, 2.75) is 52.0 Å². The number of thioether (sulfide) groups is 1. The van der Waals surface area contributed by atoms with Gasteiger partial charge < -0.3 is 10.1 Å². The minimum Gasteiger partial charge on any atom is -0.381 e. The summed E-state index contributed by atoms with van der Waals surface area (Å²) < 4.78 is 5.57. The Morgan fingerprint density at radius 1 is 1.37 bits per heavy atom. The molecule has 4 heteroatoms. The van der Waals surface area contributed by atoms with E-state index in [2.05, 4.69) is 24.2 Å². The van der Waals surface area contributed by atoms with Crippen LogP contribution in [0.1, 0.15) is 46.0 Å². The van der Waals surface area contributed by atoms with E-state index in [0.717, 1.165) is 32.1 Å². The Labute approximate surface area is 122 Å². The molecule has 2 aliphatic rings. The Hall–Kier alpha value is -0.220. The van der Waals surface area contributed by atoms with E-state index >= 15 is 0 Å². The maximum absolute atomic E-state index is 5.57. The highest BCUT2D eigenvalue weighted by molar-refractivity contribution is 8.13. The Balaban J connectivity index is 1.61. The second kappa shape index (κ2) is 8.15. The van der Waals surface area contributed by atoms with Crippen LogP contribution in [0, 0.1) is 11.8 Å². The molecule has 2 atom stereocenters. The molecule has 19 heavy (non-hydrogen) atoms. The normalized spacial score (nSPS) is 29.3. The number of hydrogen-bond acceptors (Lipinski definition) is 3. The van der Waals surface area contributed by atoms with E-state index in [0.29, 0.717) is 12.0 Å². The van der Waals surface area contributed by atoms with E-state index in [4.69, 9.17) is 4.74 Å². The number of aliphatic imine (C=N–C) groups is 1. The van der Waals surface area contributed by atoms with E-state index in [1.54, 1.807) is 0 Å². The van der Waals surface area contributed by atoms with Gasteiger partial charge in [0.1, 0.15) is 0 Å². The molecule has 3 nitrogen and oxygen atoms in total. The standard InChI is InChI=1S/C15H28N2OS/c1-12(2)10-18-9-5-8-16-15-17-14-7-4-3-6-13(14)11-19-15/h12-14H,3-11H2,1-2H3,(H,16,17). The highest BCUT2D eigenvalue weighted by atomic mass is 32.2. The van der Waals surface area contributed by atoms with Crippen LogP contribution in [0.25, 0.3) is 0 Å². The molecule has 0 aromatic rings. The zero-order valence-corrected chi connectivity index (χ0v) is 13.2. The van der Waals surface area contributed by atoms with Crippen molar-refractivity contribution in [2.24, 2.45) is 16.8 Å². The van der Waals surface area contributed by atoms with Gasteiger partial charge >= 0.3 is 0 Å². The van der Waals surface area contributed by atoms with Gasteiger partial charge in [-0.25, -0.2) is 0 Å². The van der Waals surface area contributed by atoms with Gasteiger partial charge in [0.15, 0.2) is 5.17 Å². The monoisotopic (exact) mass is 284 g/mol. The summed E-state index contributed by atoms with van der Waals surface area (Å²) in [5, 5.41) is 4.81. The van der Waals surface area contributed by atoms with E-state index in [9.17, 15) is 0 Å². The van der Waals surface area contributed by atoms with Crippen molar-refractivity contribution in [2.75, 3.05) is 25.5 Å². The van der Waals surface area contributed by atoms with Crippen molar-refractivity contribution in [3.63, 3.8) is 0 Å². The molecule has 2 fully saturated rings. The molecule has 1 aliphatic carbocycles. The lowest BCUT2D eigenvalue weighted by molar-refractivity contribution is 0.109. The number of nitrogens with zero attached hydrogens (tertiary/aromatic N) is 1. The van der Waals surface area contributed by atoms with Crippen LogP contribution in [-0.4, -0.2) is 36.7 Å². The summed E-state index contributed by atoms with van der Waals surface area (Å²) in [6.07, 6.45) is 6.58. The number of amidine groups is 1. The summed E-state index contributed by atoms with van der Waals surface area (Å²) in [7, 11) is 0. The van der Waals surface area contributed by atoms with Crippen molar-refractivity contribution >= 4 is 16.9 Å². The van der Waals surface area contributed by atoms with Gasteiger partial charge in [0.25, 0.3) is 0 Å². The fourth-order valence-electron chi connectivity index (χ4n) is 2.74. The predicted octanol–water partition coefficient (Wildman–Crippen LogP) is 3.30. The highest BCUT2D eigenvalue weighted by Crippen LogP contribution is 2.31. The second-order valence-electron chi connectivity index (χ2n) is 6.12. The number of hydrogen-bond donors (Lipinski definition) is 1. The smallest absolute Gasteiger partial charge is 0.156 e. The third-order valence-corrected chi connectivity index (χ3v) is 4.92. The van der Waals surface area contributed by atoms with Crippen LogP contribution in [0.5, 0.6) is 0 Å². The van der Waals surface area contributed by atoms with Crippen LogP contribution in [0.15, 0.2) is 4.99 Å². The molecule has 2 unspecified atom stereocenters. The average Bonchev–Trinajstić information content (AvgIpc) is 2.42. The fourth-order valence-corrected chi connectivity index (χ4v) is 3.93. The minimum absolute atomic E-state index is 0.630. The molecule has 0 amide bonds. The molecular weight excluding hydrogens is 256 g/mol. The van der Waals surface area contributed by atoms with Gasteiger partial charge in [-0.1, -0.05) is 38.5 Å². The molecule has 0 bridgehead atoms. The van der Waals surface area contributed by atoms with Crippen LogP contribution in [-0.2, 0) is 4.74 Å². The molecule has 0 spiro atoms. The van der Waals surface area contributed by atoms with Gasteiger partial charge in [-0.3, -0.25) is 4.99 Å². The number of rotatable bonds is 6. The second-order valence-corrected chi connectivity index (χ2v) is 7.12. The first-order valence-electron chi connectivity index (χ1n) is 7.77. The van der Waals surface area contributed by atoms with Gasteiger partial charge in [-0.15, -0.1) is 0 Å². The predicted molar refractivity (Wildman–Crippen MR) is 83.9 cm³/mol. The zero-order valence-electron chi connectivity index (χ0n) is 12.4. The highest BCUT2D eigenvalue weighted by Gasteiger charge is 2.29. The molecule has 2 rings (SSSR count). The van der Waals surface area contributed by atoms with Crippen molar-refractivity contribution in [1.29, 1.82) is 0 Å². The van der Waals surface area contributed by atoms with Gasteiger partial charge in [0.2, 0.25) is 0 Å². The summed E-state index contributed by atoms with van der Waals surface area (Å²) in [5.41, 5.74) is 0. The average molecular weight is 284 g/mol. The molecule has 1 saturated heterocycles. The van der Waals surface area contributed by atoms with E-state index in [1.807, 2.05) is 11.8 Å². The SMILES string of the molecule is CC(C)COCCCN=C1NC2CCCCC2CS1. The first kappa shape index (κ1) is 15.2. The molecule has 1 aliphatic heterocycles. The quantitative estimate of drug-likeness (QED) is 0.760. The Morgan fingerprint density at radius 3 is 3.05 bits per heavy atom. The van der Waals surface area contributed by atoms with Crippen molar-refractivity contribution < 1.29 is 4.74 Å². The maximum Gasteiger partial charge on any atom is 0.156 e. The Morgan fingerprint density at radius 2 is 2.21 bits per heavy atom. The van der Waals surface area contributed by atoms with Crippen LogP contribution in [0.4, 0.5) is 0 Å². The molecule has 110 valence electrons. The van der Waals surface area contributed by atoms with Crippen LogP contribution in [0.2, 0.25) is 0 Å². The minimum atomic E-state index is 0.630. The fraction of sp³-hybridized carbons (Fsp3) is 0.933. The largest absolute Gasteiger partial charge is 0.381 e. The third kappa shape index (κ3) is 5.35. The van der Waals surface area contributed by atoms with E-state index < -0.39 is 0 Å². The lowest BCUT2D eigenvalue weighted by Gasteiger charge is -2.36. The molecule has 0 aromatic heterocycles. The molecule has 1 heterocycles. The first-order chi connectivity index (χ1) is 9.25. The Kier molecular flexibility index (Phi) is 6.51. The van der Waals surface area contributed by atoms with Gasteiger partial charge in [-0.2, -0.15) is 0 Å². The number of fused-ring (bicyclic) bond motifs is 1. The number of ether oxygens (including phenoxy) is 1. The van der Waals surface area contributed by atoms with Crippen molar-refractivity contribution in [3.8, 4) is 0 Å². The zero-order chi connectivity index (χ0) is 13.5. The molecule has 1 N–H and O–H groups in total. The van der Waals surface area contributed by atoms with Crippen molar-refractivity contribution in [1.82, 2.24) is 5.32 Å². The van der Waals surface area contributed by atoms with Gasteiger partial charge in [0.05, 0.1) is 0 Å². The van der Waals surface area contributed by atoms with Crippen LogP contribution < -0.4 is 5.32 Å². The maximum atomic E-state index is 5.57. The lowest BCUT2D eigenvalue weighted by atomic mass is 9.86. The van der Waals surface area contributed by atoms with E-state index in [-0.39, 0.29) is 0 Å². The van der Waals surface area contributed by atoms with E-state index in [1.165, 1.54) is 36.6 Å². The lowest BCUT2D eigenvalue weighted by Crippen LogP contribution is -2.46. The molecule has 1 saturated carbocycles. The summed E-state index contributed by atoms with van der Waals surface area (Å²) in [6, 6.07) is 0.700. The summed E-state index contributed by atoms with van der Waals surface area (Å²) in [5.74, 6) is 2.78. The summed E-state index contributed by atoms with van der Waals surface area (Å²) in [4.78, 5) is 4.68. The molecule has 0 radical (unpaired) electrons. The molecule has 0 aromatic carbocycles. The number of nitrogens with one attached hydrogen (secondary N) is 1. The third-order valence-electron chi connectivity index (χ3n) is 3.81. The van der Waals surface area contributed by atoms with Crippen LogP contribution in [0.3, 0.4) is 0 Å². The Bertz CT molecular complexity index is 294.